The number of carbonyl (C=O) groups is 2. The highest BCUT2D eigenvalue weighted by Crippen LogP contribution is 2.32. The molecular weight excluding hydrogens is 458 g/mol. The van der Waals surface area contributed by atoms with Crippen LogP contribution in [-0.4, -0.2) is 46.0 Å². The number of hydrogen-bond donors (Lipinski definition) is 3. The Labute approximate surface area is 200 Å². The van der Waals surface area contributed by atoms with Gasteiger partial charge in [-0.05, 0) is 23.6 Å². The Bertz CT molecular complexity index is 1090. The molecule has 1 unspecified atom stereocenters. The lowest BCUT2D eigenvalue weighted by atomic mass is 10.1. The normalized spacial score (nSPS) is 14.2. The number of carbonyl (C=O) groups excluding carboxylic acids is 2. The summed E-state index contributed by atoms with van der Waals surface area (Å²) in [5.74, 6) is -0.184. The molecule has 2 amide bonds. The molecule has 34 heavy (non-hydrogen) atoms. The predicted octanol–water partition coefficient (Wildman–Crippen LogP) is 1.97. The first kappa shape index (κ1) is 25.5. The van der Waals surface area contributed by atoms with Gasteiger partial charge in [0.05, 0.1) is 18.1 Å². The van der Waals surface area contributed by atoms with Crippen LogP contribution in [0.2, 0.25) is 0 Å². The zero-order chi connectivity index (χ0) is 24.6. The summed E-state index contributed by atoms with van der Waals surface area (Å²) in [4.78, 5) is 24.8. The third-order valence-corrected chi connectivity index (χ3v) is 6.68. The molecule has 0 aliphatic carbocycles. The Kier molecular flexibility index (Phi) is 8.89. The van der Waals surface area contributed by atoms with Gasteiger partial charge in [-0.1, -0.05) is 44.2 Å². The van der Waals surface area contributed by atoms with Gasteiger partial charge >= 0.3 is 0 Å². The van der Waals surface area contributed by atoms with Crippen LogP contribution < -0.4 is 24.8 Å². The van der Waals surface area contributed by atoms with Gasteiger partial charge in [-0.2, -0.15) is 4.72 Å². The van der Waals surface area contributed by atoms with Crippen molar-refractivity contribution in [3.63, 3.8) is 0 Å². The van der Waals surface area contributed by atoms with E-state index in [1.165, 1.54) is 12.1 Å². The van der Waals surface area contributed by atoms with Gasteiger partial charge in [0.2, 0.25) is 21.8 Å². The van der Waals surface area contributed by atoms with Crippen molar-refractivity contribution in [2.24, 2.45) is 5.92 Å². The number of nitrogens with one attached hydrogen (secondary N) is 3. The van der Waals surface area contributed by atoms with E-state index in [0.29, 0.717) is 37.7 Å². The van der Waals surface area contributed by atoms with Crippen molar-refractivity contribution in [2.45, 2.75) is 44.2 Å². The summed E-state index contributed by atoms with van der Waals surface area (Å²) in [5.41, 5.74) is 0.976. The van der Waals surface area contributed by atoms with E-state index in [2.05, 4.69) is 15.4 Å². The molecule has 0 fully saturated rings. The number of sulfonamides is 1. The minimum Gasteiger partial charge on any atom is -0.490 e. The van der Waals surface area contributed by atoms with Gasteiger partial charge < -0.3 is 20.1 Å². The van der Waals surface area contributed by atoms with E-state index in [9.17, 15) is 18.0 Å². The molecule has 0 aromatic heterocycles. The monoisotopic (exact) mass is 489 g/mol. The first-order valence-corrected chi connectivity index (χ1v) is 12.7. The average Bonchev–Trinajstić information content (AvgIpc) is 3.06. The fourth-order valence-electron chi connectivity index (χ4n) is 3.33. The zero-order valence-corrected chi connectivity index (χ0v) is 20.2. The maximum absolute atomic E-state index is 13.0. The molecule has 0 saturated carbocycles. The van der Waals surface area contributed by atoms with Crippen LogP contribution in [0.5, 0.6) is 11.5 Å². The standard InChI is InChI=1S/C24H31N3O6S/c1-17(2)23(24(29)25-12-11-22(28)26-16-18-7-4-3-5-8-18)27-34(30,31)19-9-10-20-21(15-19)33-14-6-13-32-20/h3-5,7-10,15,17,23,27H,6,11-14,16H2,1-2H3,(H,25,29)(H,26,28). The van der Waals surface area contributed by atoms with Gasteiger partial charge in [0.15, 0.2) is 11.5 Å². The molecule has 0 bridgehead atoms. The maximum Gasteiger partial charge on any atom is 0.241 e. The molecule has 1 atom stereocenters. The van der Waals surface area contributed by atoms with Gasteiger partial charge in [0.25, 0.3) is 0 Å². The first-order valence-electron chi connectivity index (χ1n) is 11.3. The van der Waals surface area contributed by atoms with Crippen molar-refractivity contribution in [1.29, 1.82) is 0 Å². The summed E-state index contributed by atoms with van der Waals surface area (Å²) < 4.78 is 39.5. The molecule has 1 heterocycles. The van der Waals surface area contributed by atoms with Crippen molar-refractivity contribution in [2.75, 3.05) is 19.8 Å². The molecule has 2 aromatic rings. The smallest absolute Gasteiger partial charge is 0.241 e. The highest BCUT2D eigenvalue weighted by atomic mass is 32.2. The lowest BCUT2D eigenvalue weighted by Crippen LogP contribution is -2.50. The van der Waals surface area contributed by atoms with Crippen molar-refractivity contribution in [3.05, 3.63) is 54.1 Å². The van der Waals surface area contributed by atoms with Gasteiger partial charge in [-0.25, -0.2) is 8.42 Å². The molecule has 10 heteroatoms. The number of amides is 2. The summed E-state index contributed by atoms with van der Waals surface area (Å²) >= 11 is 0. The highest BCUT2D eigenvalue weighted by molar-refractivity contribution is 7.89. The fourth-order valence-corrected chi connectivity index (χ4v) is 4.69. The van der Waals surface area contributed by atoms with Gasteiger partial charge in [0.1, 0.15) is 6.04 Å². The Morgan fingerprint density at radius 1 is 0.971 bits per heavy atom. The van der Waals surface area contributed by atoms with Gasteiger partial charge in [-0.3, -0.25) is 9.59 Å². The van der Waals surface area contributed by atoms with Crippen LogP contribution in [-0.2, 0) is 26.2 Å². The Morgan fingerprint density at radius 2 is 1.68 bits per heavy atom. The number of hydrogen-bond acceptors (Lipinski definition) is 6. The van der Waals surface area contributed by atoms with Crippen molar-refractivity contribution >= 4 is 21.8 Å². The molecule has 1 aliphatic rings. The molecule has 184 valence electrons. The second kappa shape index (κ2) is 11.8. The predicted molar refractivity (Wildman–Crippen MR) is 127 cm³/mol. The Hall–Kier alpha value is -3.11. The molecule has 0 saturated heterocycles. The Morgan fingerprint density at radius 3 is 2.38 bits per heavy atom. The maximum atomic E-state index is 13.0. The first-order chi connectivity index (χ1) is 16.3. The SMILES string of the molecule is CC(C)C(NS(=O)(=O)c1ccc2c(c1)OCCCO2)C(=O)NCCC(=O)NCc1ccccc1. The van der Waals surface area contributed by atoms with Crippen LogP contribution in [0.4, 0.5) is 0 Å². The summed E-state index contributed by atoms with van der Waals surface area (Å²) in [6.45, 7) is 4.91. The van der Waals surface area contributed by atoms with E-state index < -0.39 is 22.0 Å². The van der Waals surface area contributed by atoms with Crippen LogP contribution in [0.25, 0.3) is 0 Å². The largest absolute Gasteiger partial charge is 0.490 e. The molecule has 3 rings (SSSR count). The van der Waals surface area contributed by atoms with Crippen LogP contribution in [0.15, 0.2) is 53.4 Å². The summed E-state index contributed by atoms with van der Waals surface area (Å²) in [6.07, 6.45) is 0.785. The van der Waals surface area contributed by atoms with Crippen LogP contribution in [0.3, 0.4) is 0 Å². The summed E-state index contributed by atoms with van der Waals surface area (Å²) in [6, 6.07) is 12.9. The number of fused-ring (bicyclic) bond motifs is 1. The number of ether oxygens (including phenoxy) is 2. The van der Waals surface area contributed by atoms with Crippen molar-refractivity contribution in [3.8, 4) is 11.5 Å². The average molecular weight is 490 g/mol. The number of benzene rings is 2. The van der Waals surface area contributed by atoms with Crippen LogP contribution in [0.1, 0.15) is 32.3 Å². The molecule has 0 radical (unpaired) electrons. The van der Waals surface area contributed by atoms with Gasteiger partial charge in [0, 0.05) is 32.0 Å². The van der Waals surface area contributed by atoms with E-state index in [-0.39, 0.29) is 29.7 Å². The van der Waals surface area contributed by atoms with E-state index in [1.807, 2.05) is 30.3 Å². The number of rotatable bonds is 10. The fraction of sp³-hybridized carbons (Fsp3) is 0.417. The summed E-state index contributed by atoms with van der Waals surface area (Å²) in [7, 11) is -4.00. The van der Waals surface area contributed by atoms with E-state index in [0.717, 1.165) is 5.56 Å². The molecule has 0 spiro atoms. The molecule has 2 aromatic carbocycles. The second-order valence-corrected chi connectivity index (χ2v) is 10.0. The minimum atomic E-state index is -4.00. The van der Waals surface area contributed by atoms with E-state index in [1.54, 1.807) is 19.9 Å². The third kappa shape index (κ3) is 7.19. The van der Waals surface area contributed by atoms with Crippen LogP contribution in [0, 0.1) is 5.92 Å². The topological polar surface area (TPSA) is 123 Å². The molecule has 9 nitrogen and oxygen atoms in total. The van der Waals surface area contributed by atoms with E-state index in [4.69, 9.17) is 9.47 Å². The van der Waals surface area contributed by atoms with Gasteiger partial charge in [-0.15, -0.1) is 0 Å². The van der Waals surface area contributed by atoms with Crippen LogP contribution >= 0.6 is 0 Å². The molecule has 3 N–H and O–H groups in total. The van der Waals surface area contributed by atoms with Crippen molar-refractivity contribution in [1.82, 2.24) is 15.4 Å². The lowest BCUT2D eigenvalue weighted by molar-refractivity contribution is -0.124. The van der Waals surface area contributed by atoms with E-state index >= 15 is 0 Å². The summed E-state index contributed by atoms with van der Waals surface area (Å²) in [5, 5.41) is 5.44. The Balaban J connectivity index is 1.55. The zero-order valence-electron chi connectivity index (χ0n) is 19.4. The highest BCUT2D eigenvalue weighted by Gasteiger charge is 2.29. The molecule has 1 aliphatic heterocycles. The second-order valence-electron chi connectivity index (χ2n) is 8.31. The third-order valence-electron chi connectivity index (χ3n) is 5.24. The lowest BCUT2D eigenvalue weighted by Gasteiger charge is -2.22. The quantitative estimate of drug-likeness (QED) is 0.469. The molecular formula is C24H31N3O6S. The minimum absolute atomic E-state index is 0.0181. The van der Waals surface area contributed by atoms with Crippen molar-refractivity contribution < 1.29 is 27.5 Å².